The van der Waals surface area contributed by atoms with E-state index >= 15 is 0 Å². The minimum atomic E-state index is -0.454. The number of oxime groups is 1. The van der Waals surface area contributed by atoms with Crippen LogP contribution in [0.5, 0.6) is 0 Å². The SMILES string of the molecule is CC(O)CCN(C)c1ccc(F)cc1/C(N)=N/O. The number of halogens is 1. The Morgan fingerprint density at radius 1 is 1.56 bits per heavy atom. The van der Waals surface area contributed by atoms with E-state index in [1.165, 1.54) is 12.1 Å². The van der Waals surface area contributed by atoms with Gasteiger partial charge in [-0.15, -0.1) is 0 Å². The molecule has 1 rings (SSSR count). The van der Waals surface area contributed by atoms with E-state index in [1.54, 1.807) is 20.0 Å². The van der Waals surface area contributed by atoms with Crippen molar-refractivity contribution in [2.45, 2.75) is 19.4 Å². The molecule has 1 atom stereocenters. The van der Waals surface area contributed by atoms with Gasteiger partial charge in [-0.05, 0) is 31.5 Å². The van der Waals surface area contributed by atoms with Crippen LogP contribution >= 0.6 is 0 Å². The number of nitrogens with zero attached hydrogens (tertiary/aromatic N) is 2. The van der Waals surface area contributed by atoms with Gasteiger partial charge in [0.2, 0.25) is 0 Å². The Hall–Kier alpha value is -1.82. The number of rotatable bonds is 5. The van der Waals surface area contributed by atoms with Crippen LogP contribution in [-0.4, -0.2) is 35.8 Å². The van der Waals surface area contributed by atoms with Crippen LogP contribution in [0.4, 0.5) is 10.1 Å². The van der Waals surface area contributed by atoms with Crippen LogP contribution in [0.25, 0.3) is 0 Å². The fourth-order valence-electron chi connectivity index (χ4n) is 1.60. The minimum absolute atomic E-state index is 0.145. The predicted molar refractivity (Wildman–Crippen MR) is 68.5 cm³/mol. The molecule has 4 N–H and O–H groups in total. The van der Waals surface area contributed by atoms with Crippen molar-refractivity contribution in [3.05, 3.63) is 29.6 Å². The molecule has 0 radical (unpaired) electrons. The van der Waals surface area contributed by atoms with Crippen LogP contribution in [0.3, 0.4) is 0 Å². The summed E-state index contributed by atoms with van der Waals surface area (Å²) in [5.74, 6) is -0.599. The van der Waals surface area contributed by atoms with Crippen LogP contribution < -0.4 is 10.6 Å². The van der Waals surface area contributed by atoms with Crippen LogP contribution in [0.1, 0.15) is 18.9 Å². The third-order valence-electron chi connectivity index (χ3n) is 2.64. The van der Waals surface area contributed by atoms with Gasteiger partial charge in [-0.3, -0.25) is 0 Å². The smallest absolute Gasteiger partial charge is 0.172 e. The lowest BCUT2D eigenvalue weighted by Gasteiger charge is -2.22. The molecular weight excluding hydrogens is 237 g/mol. The summed E-state index contributed by atoms with van der Waals surface area (Å²) in [6.45, 7) is 2.28. The van der Waals surface area contributed by atoms with Gasteiger partial charge in [-0.1, -0.05) is 5.16 Å². The maximum atomic E-state index is 13.2. The molecule has 0 saturated heterocycles. The van der Waals surface area contributed by atoms with E-state index < -0.39 is 11.9 Å². The molecule has 100 valence electrons. The Kier molecular flexibility index (Phi) is 4.91. The topological polar surface area (TPSA) is 82.1 Å². The van der Waals surface area contributed by atoms with Crippen LogP contribution in [0.2, 0.25) is 0 Å². The van der Waals surface area contributed by atoms with E-state index in [1.807, 2.05) is 4.90 Å². The van der Waals surface area contributed by atoms with Gasteiger partial charge in [0.1, 0.15) is 5.82 Å². The summed E-state index contributed by atoms with van der Waals surface area (Å²) in [6.07, 6.45) is 0.156. The monoisotopic (exact) mass is 255 g/mol. The molecule has 0 amide bonds. The average molecular weight is 255 g/mol. The van der Waals surface area contributed by atoms with Crippen molar-refractivity contribution in [1.82, 2.24) is 0 Å². The second-order valence-corrected chi connectivity index (χ2v) is 4.21. The predicted octanol–water partition coefficient (Wildman–Crippen LogP) is 1.13. The number of hydrogen-bond donors (Lipinski definition) is 3. The van der Waals surface area contributed by atoms with E-state index in [4.69, 9.17) is 10.9 Å². The molecule has 6 heteroatoms. The second-order valence-electron chi connectivity index (χ2n) is 4.21. The zero-order valence-corrected chi connectivity index (χ0v) is 10.5. The summed E-state index contributed by atoms with van der Waals surface area (Å²) < 4.78 is 13.2. The Morgan fingerprint density at radius 2 is 2.22 bits per heavy atom. The number of aliphatic hydroxyl groups is 1. The lowest BCUT2D eigenvalue weighted by molar-refractivity contribution is 0.187. The molecule has 0 bridgehead atoms. The van der Waals surface area contributed by atoms with Crippen molar-refractivity contribution in [2.24, 2.45) is 10.9 Å². The van der Waals surface area contributed by atoms with E-state index in [0.29, 0.717) is 24.2 Å². The molecule has 0 aliphatic heterocycles. The Bertz CT molecular complexity index is 435. The number of benzene rings is 1. The van der Waals surface area contributed by atoms with E-state index in [-0.39, 0.29) is 5.84 Å². The molecule has 1 aromatic carbocycles. The van der Waals surface area contributed by atoms with Crippen LogP contribution in [0.15, 0.2) is 23.4 Å². The molecule has 18 heavy (non-hydrogen) atoms. The number of amidine groups is 1. The highest BCUT2D eigenvalue weighted by Gasteiger charge is 2.12. The maximum absolute atomic E-state index is 13.2. The number of aliphatic hydroxyl groups excluding tert-OH is 1. The van der Waals surface area contributed by atoms with Gasteiger partial charge in [0.15, 0.2) is 5.84 Å². The minimum Gasteiger partial charge on any atom is -0.409 e. The normalized spacial score (nSPS) is 13.4. The van der Waals surface area contributed by atoms with Crippen molar-refractivity contribution < 1.29 is 14.7 Å². The van der Waals surface area contributed by atoms with Gasteiger partial charge >= 0.3 is 0 Å². The summed E-state index contributed by atoms with van der Waals surface area (Å²) in [6, 6.07) is 4.08. The Balaban J connectivity index is 3.00. The number of nitrogens with two attached hydrogens (primary N) is 1. The highest BCUT2D eigenvalue weighted by atomic mass is 19.1. The van der Waals surface area contributed by atoms with Gasteiger partial charge in [-0.2, -0.15) is 0 Å². The molecule has 0 spiro atoms. The third-order valence-corrected chi connectivity index (χ3v) is 2.64. The largest absolute Gasteiger partial charge is 0.409 e. The van der Waals surface area contributed by atoms with Crippen molar-refractivity contribution in [1.29, 1.82) is 0 Å². The standard InChI is InChI=1S/C12H18FN3O2/c1-8(17)5-6-16(2)11-4-3-9(13)7-10(11)12(14)15-18/h3-4,7-8,17-18H,5-6H2,1-2H3,(H2,14,15). The summed E-state index contributed by atoms with van der Waals surface area (Å²) in [7, 11) is 1.80. The van der Waals surface area contributed by atoms with Gasteiger partial charge in [0.05, 0.1) is 6.10 Å². The second kappa shape index (κ2) is 6.20. The quantitative estimate of drug-likeness (QED) is 0.319. The van der Waals surface area contributed by atoms with E-state index in [2.05, 4.69) is 5.16 Å². The third kappa shape index (κ3) is 3.59. The van der Waals surface area contributed by atoms with Gasteiger partial charge in [0.25, 0.3) is 0 Å². The van der Waals surface area contributed by atoms with Gasteiger partial charge in [-0.25, -0.2) is 4.39 Å². The maximum Gasteiger partial charge on any atom is 0.172 e. The molecule has 0 fully saturated rings. The van der Waals surface area contributed by atoms with Gasteiger partial charge in [0, 0.05) is 24.8 Å². The molecule has 0 aromatic heterocycles. The summed E-state index contributed by atoms with van der Waals surface area (Å²) in [5, 5.41) is 20.8. The molecule has 0 aliphatic carbocycles. The lowest BCUT2D eigenvalue weighted by atomic mass is 10.1. The molecular formula is C12H18FN3O2. The van der Waals surface area contributed by atoms with Crippen molar-refractivity contribution >= 4 is 11.5 Å². The first kappa shape index (κ1) is 14.2. The van der Waals surface area contributed by atoms with E-state index in [0.717, 1.165) is 0 Å². The highest BCUT2D eigenvalue weighted by Crippen LogP contribution is 2.21. The molecule has 0 heterocycles. The molecule has 1 aromatic rings. The zero-order valence-electron chi connectivity index (χ0n) is 10.5. The first-order valence-electron chi connectivity index (χ1n) is 5.62. The fraction of sp³-hybridized carbons (Fsp3) is 0.417. The molecule has 0 saturated carbocycles. The van der Waals surface area contributed by atoms with Crippen LogP contribution in [0, 0.1) is 5.82 Å². The first-order chi connectivity index (χ1) is 8.45. The van der Waals surface area contributed by atoms with Crippen molar-refractivity contribution in [3.8, 4) is 0 Å². The molecule has 1 unspecified atom stereocenters. The Morgan fingerprint density at radius 3 is 2.78 bits per heavy atom. The van der Waals surface area contributed by atoms with Gasteiger partial charge < -0.3 is 20.9 Å². The van der Waals surface area contributed by atoms with Crippen molar-refractivity contribution in [3.63, 3.8) is 0 Å². The molecule has 0 aliphatic rings. The lowest BCUT2D eigenvalue weighted by Crippen LogP contribution is -2.25. The zero-order chi connectivity index (χ0) is 13.7. The van der Waals surface area contributed by atoms with Crippen LogP contribution in [-0.2, 0) is 0 Å². The number of hydrogen-bond acceptors (Lipinski definition) is 4. The fourth-order valence-corrected chi connectivity index (χ4v) is 1.60. The molecule has 5 nitrogen and oxygen atoms in total. The summed E-state index contributed by atoms with van der Waals surface area (Å²) >= 11 is 0. The first-order valence-corrected chi connectivity index (χ1v) is 5.62. The summed E-state index contributed by atoms with van der Waals surface area (Å²) in [4.78, 5) is 1.82. The van der Waals surface area contributed by atoms with Crippen molar-refractivity contribution in [2.75, 3.05) is 18.5 Å². The summed E-state index contributed by atoms with van der Waals surface area (Å²) in [5.41, 5.74) is 6.49. The number of anilines is 1. The Labute approximate surface area is 105 Å². The average Bonchev–Trinajstić information content (AvgIpc) is 2.34. The van der Waals surface area contributed by atoms with E-state index in [9.17, 15) is 9.50 Å². The highest BCUT2D eigenvalue weighted by molar-refractivity contribution is 6.02.